The number of rotatable bonds is 5. The molecule has 1 aliphatic rings. The average molecular weight is 370 g/mol. The van der Waals surface area contributed by atoms with Crippen molar-refractivity contribution in [2.24, 2.45) is 0 Å². The molecule has 2 aromatic rings. The van der Waals surface area contributed by atoms with Crippen molar-refractivity contribution < 1.29 is 31.8 Å². The van der Waals surface area contributed by atoms with Gasteiger partial charge in [-0.3, -0.25) is 4.79 Å². The number of carbonyl (C=O) groups excluding carboxylic acids is 1. The SMILES string of the molecule is C[C@@H](NCC(=O)Nc1ccc2c(c1)OC(F)(F)O2)c1ccc(F)c(F)c1. The topological polar surface area (TPSA) is 59.6 Å². The minimum absolute atomic E-state index is 0.127. The number of carbonyl (C=O) groups is 1. The summed E-state index contributed by atoms with van der Waals surface area (Å²) in [5, 5.41) is 5.36. The van der Waals surface area contributed by atoms with Crippen molar-refractivity contribution in [3.8, 4) is 11.5 Å². The molecule has 9 heteroatoms. The van der Waals surface area contributed by atoms with Gasteiger partial charge in [0.25, 0.3) is 0 Å². The number of benzene rings is 2. The molecule has 0 unspecified atom stereocenters. The third kappa shape index (κ3) is 4.05. The van der Waals surface area contributed by atoms with E-state index in [-0.39, 0.29) is 23.7 Å². The molecule has 1 aliphatic heterocycles. The first kappa shape index (κ1) is 18.0. The van der Waals surface area contributed by atoms with E-state index in [4.69, 9.17) is 0 Å². The molecule has 26 heavy (non-hydrogen) atoms. The summed E-state index contributed by atoms with van der Waals surface area (Å²) >= 11 is 0. The van der Waals surface area contributed by atoms with Crippen LogP contribution in [0.5, 0.6) is 11.5 Å². The number of fused-ring (bicyclic) bond motifs is 1. The van der Waals surface area contributed by atoms with Crippen molar-refractivity contribution in [2.45, 2.75) is 19.3 Å². The van der Waals surface area contributed by atoms with E-state index in [1.807, 2.05) is 0 Å². The molecule has 0 aliphatic carbocycles. The lowest BCUT2D eigenvalue weighted by atomic mass is 10.1. The van der Waals surface area contributed by atoms with Gasteiger partial charge < -0.3 is 20.1 Å². The van der Waals surface area contributed by atoms with Gasteiger partial charge in [0.1, 0.15) is 0 Å². The number of alkyl halides is 2. The van der Waals surface area contributed by atoms with Crippen LogP contribution >= 0.6 is 0 Å². The molecule has 0 aromatic heterocycles. The first-order valence-corrected chi connectivity index (χ1v) is 7.61. The molecule has 2 N–H and O–H groups in total. The molecule has 0 saturated carbocycles. The number of amides is 1. The van der Waals surface area contributed by atoms with Gasteiger partial charge in [-0.1, -0.05) is 6.07 Å². The predicted octanol–water partition coefficient (Wildman–Crippen LogP) is 3.58. The molecule has 1 amide bonds. The maximum absolute atomic E-state index is 13.2. The summed E-state index contributed by atoms with van der Waals surface area (Å²) in [5.41, 5.74) is 0.722. The Morgan fingerprint density at radius 2 is 1.81 bits per heavy atom. The van der Waals surface area contributed by atoms with E-state index in [0.29, 0.717) is 5.56 Å². The molecule has 0 radical (unpaired) electrons. The first-order chi connectivity index (χ1) is 12.2. The van der Waals surface area contributed by atoms with Gasteiger partial charge in [-0.2, -0.15) is 0 Å². The highest BCUT2D eigenvalue weighted by Gasteiger charge is 2.43. The van der Waals surface area contributed by atoms with Crippen LogP contribution in [0.2, 0.25) is 0 Å². The van der Waals surface area contributed by atoms with Crippen molar-refractivity contribution in [3.63, 3.8) is 0 Å². The van der Waals surface area contributed by atoms with E-state index in [1.54, 1.807) is 6.92 Å². The van der Waals surface area contributed by atoms with Crippen LogP contribution in [0.15, 0.2) is 36.4 Å². The Morgan fingerprint density at radius 1 is 1.08 bits per heavy atom. The monoisotopic (exact) mass is 370 g/mol. The fraction of sp³-hybridized carbons (Fsp3) is 0.235. The third-order valence-electron chi connectivity index (χ3n) is 3.70. The molecule has 5 nitrogen and oxygen atoms in total. The highest BCUT2D eigenvalue weighted by Crippen LogP contribution is 2.42. The quantitative estimate of drug-likeness (QED) is 0.790. The van der Waals surface area contributed by atoms with E-state index < -0.39 is 29.9 Å². The highest BCUT2D eigenvalue weighted by atomic mass is 19.3. The standard InChI is InChI=1S/C17H14F4N2O3/c1-9(10-2-4-12(18)13(19)6-10)22-8-16(24)23-11-3-5-14-15(7-11)26-17(20,21)25-14/h2-7,9,22H,8H2,1H3,(H,23,24)/t9-/m1/s1. The van der Waals surface area contributed by atoms with Crippen molar-refractivity contribution >= 4 is 11.6 Å². The smallest absolute Gasteiger partial charge is 0.395 e. The normalized spacial score (nSPS) is 15.6. The van der Waals surface area contributed by atoms with Crippen LogP contribution in [-0.2, 0) is 4.79 Å². The molecule has 1 heterocycles. The minimum Gasteiger partial charge on any atom is -0.395 e. The lowest BCUT2D eigenvalue weighted by molar-refractivity contribution is -0.286. The molecule has 3 rings (SSSR count). The number of hydrogen-bond acceptors (Lipinski definition) is 4. The Morgan fingerprint density at radius 3 is 2.54 bits per heavy atom. The molecule has 138 valence electrons. The summed E-state index contributed by atoms with van der Waals surface area (Å²) < 4.78 is 60.7. The second-order valence-electron chi connectivity index (χ2n) is 5.65. The zero-order chi connectivity index (χ0) is 18.9. The average Bonchev–Trinajstić information content (AvgIpc) is 2.88. The molecule has 0 spiro atoms. The lowest BCUT2D eigenvalue weighted by Crippen LogP contribution is -2.30. The Balaban J connectivity index is 1.55. The largest absolute Gasteiger partial charge is 0.586 e. The summed E-state index contributed by atoms with van der Waals surface area (Å²) in [7, 11) is 0. The van der Waals surface area contributed by atoms with Crippen LogP contribution in [-0.4, -0.2) is 18.7 Å². The Hall–Kier alpha value is -2.81. The van der Waals surface area contributed by atoms with Crippen LogP contribution in [0.1, 0.15) is 18.5 Å². The Bertz CT molecular complexity index is 845. The summed E-state index contributed by atoms with van der Waals surface area (Å²) in [4.78, 5) is 12.0. The van der Waals surface area contributed by atoms with Gasteiger partial charge in [0, 0.05) is 17.8 Å². The van der Waals surface area contributed by atoms with E-state index in [2.05, 4.69) is 20.1 Å². The molecular formula is C17H14F4N2O3. The highest BCUT2D eigenvalue weighted by molar-refractivity contribution is 5.92. The summed E-state index contributed by atoms with van der Waals surface area (Å²) in [6, 6.07) is 6.91. The molecule has 0 bridgehead atoms. The molecule has 1 atom stereocenters. The second kappa shape index (κ2) is 6.83. The number of ether oxygens (including phenoxy) is 2. The number of hydrogen-bond donors (Lipinski definition) is 2. The van der Waals surface area contributed by atoms with Gasteiger partial charge in [0.15, 0.2) is 23.1 Å². The van der Waals surface area contributed by atoms with Gasteiger partial charge in [-0.25, -0.2) is 8.78 Å². The van der Waals surface area contributed by atoms with Gasteiger partial charge in [-0.15, -0.1) is 8.78 Å². The maximum atomic E-state index is 13.2. The number of halogens is 4. The summed E-state index contributed by atoms with van der Waals surface area (Å²) in [6.45, 7) is 1.55. The third-order valence-corrected chi connectivity index (χ3v) is 3.70. The zero-order valence-corrected chi connectivity index (χ0v) is 13.5. The fourth-order valence-corrected chi connectivity index (χ4v) is 2.38. The Kier molecular flexibility index (Phi) is 4.73. The van der Waals surface area contributed by atoms with Crippen molar-refractivity contribution in [1.82, 2.24) is 5.32 Å². The second-order valence-corrected chi connectivity index (χ2v) is 5.65. The lowest BCUT2D eigenvalue weighted by Gasteiger charge is -2.14. The molecular weight excluding hydrogens is 356 g/mol. The molecule has 0 saturated heterocycles. The zero-order valence-electron chi connectivity index (χ0n) is 13.5. The van der Waals surface area contributed by atoms with Gasteiger partial charge in [0.05, 0.1) is 6.54 Å². The number of anilines is 1. The predicted molar refractivity (Wildman–Crippen MR) is 84.1 cm³/mol. The van der Waals surface area contributed by atoms with Crippen LogP contribution < -0.4 is 20.1 Å². The van der Waals surface area contributed by atoms with E-state index in [0.717, 1.165) is 12.1 Å². The summed E-state index contributed by atoms with van der Waals surface area (Å²) in [5.74, 6) is -2.69. The van der Waals surface area contributed by atoms with E-state index >= 15 is 0 Å². The minimum atomic E-state index is -3.73. The van der Waals surface area contributed by atoms with Gasteiger partial charge in [-0.05, 0) is 36.8 Å². The van der Waals surface area contributed by atoms with Crippen LogP contribution in [0, 0.1) is 11.6 Å². The van der Waals surface area contributed by atoms with E-state index in [9.17, 15) is 22.4 Å². The van der Waals surface area contributed by atoms with Gasteiger partial charge >= 0.3 is 6.29 Å². The fourth-order valence-electron chi connectivity index (χ4n) is 2.38. The van der Waals surface area contributed by atoms with Crippen LogP contribution in [0.4, 0.5) is 23.2 Å². The maximum Gasteiger partial charge on any atom is 0.586 e. The van der Waals surface area contributed by atoms with Crippen molar-refractivity contribution in [3.05, 3.63) is 53.6 Å². The molecule has 0 fully saturated rings. The number of nitrogens with one attached hydrogen (secondary N) is 2. The van der Waals surface area contributed by atoms with E-state index in [1.165, 1.54) is 24.3 Å². The first-order valence-electron chi connectivity index (χ1n) is 7.61. The van der Waals surface area contributed by atoms with Crippen LogP contribution in [0.25, 0.3) is 0 Å². The summed E-state index contributed by atoms with van der Waals surface area (Å²) in [6.07, 6.45) is -3.73. The molecule has 2 aromatic carbocycles. The van der Waals surface area contributed by atoms with Gasteiger partial charge in [0.2, 0.25) is 5.91 Å². The van der Waals surface area contributed by atoms with Crippen molar-refractivity contribution in [2.75, 3.05) is 11.9 Å². The van der Waals surface area contributed by atoms with Crippen LogP contribution in [0.3, 0.4) is 0 Å². The van der Waals surface area contributed by atoms with Crippen molar-refractivity contribution in [1.29, 1.82) is 0 Å². The Labute approximate surface area is 145 Å².